The highest BCUT2D eigenvalue weighted by atomic mass is 32.2. The zero-order valence-corrected chi connectivity index (χ0v) is 10.7. The van der Waals surface area contributed by atoms with Gasteiger partial charge in [0.1, 0.15) is 5.82 Å². The van der Waals surface area contributed by atoms with E-state index in [0.717, 1.165) is 11.8 Å². The fourth-order valence-electron chi connectivity index (χ4n) is 1.38. The lowest BCUT2D eigenvalue weighted by molar-refractivity contribution is 0.281. The average Bonchev–Trinajstić information content (AvgIpc) is 2.38. The number of aromatic amines is 1. The monoisotopic (exact) mass is 283 g/mol. The number of hydrogen-bond donors (Lipinski definition) is 2. The summed E-state index contributed by atoms with van der Waals surface area (Å²) in [5.74, 6) is -0.531. The number of rotatable bonds is 3. The predicted octanol–water partition coefficient (Wildman–Crippen LogP) is 0.251. The Labute approximate surface area is 110 Å². The van der Waals surface area contributed by atoms with Gasteiger partial charge in [-0.05, 0) is 29.5 Å². The lowest BCUT2D eigenvalue weighted by atomic mass is 10.2. The van der Waals surface area contributed by atoms with Gasteiger partial charge in [-0.2, -0.15) is 4.98 Å². The third kappa shape index (κ3) is 2.91. The molecular formula is C11H10FN3O3S. The fraction of sp³-hybridized carbons (Fsp3) is 0.182. The first-order chi connectivity index (χ1) is 9.01. The van der Waals surface area contributed by atoms with Gasteiger partial charge in [0.2, 0.25) is 0 Å². The zero-order valence-electron chi connectivity index (χ0n) is 9.88. The summed E-state index contributed by atoms with van der Waals surface area (Å²) < 4.78 is 15.0. The van der Waals surface area contributed by atoms with Gasteiger partial charge >= 0.3 is 11.1 Å². The Bertz CT molecular complexity index is 726. The van der Waals surface area contributed by atoms with Gasteiger partial charge in [-0.25, -0.2) is 4.39 Å². The SMILES string of the molecule is Cn1[nH]c(=O)c(=O)nc1Sc1ccc(CO)cc1F. The minimum atomic E-state index is -0.923. The molecule has 0 atom stereocenters. The standard InChI is InChI=1S/C11H10FN3O3S/c1-15-11(13-9(17)10(18)14-15)19-8-3-2-6(5-16)4-7(8)12/h2-4,16H,5H2,1H3,(H,14,18). The number of hydrogen-bond acceptors (Lipinski definition) is 5. The third-order valence-electron chi connectivity index (χ3n) is 2.33. The van der Waals surface area contributed by atoms with Gasteiger partial charge in [-0.3, -0.25) is 19.4 Å². The first-order valence-electron chi connectivity index (χ1n) is 5.25. The minimum absolute atomic E-state index is 0.167. The number of aryl methyl sites for hydroxylation is 1. The van der Waals surface area contributed by atoms with Crippen molar-refractivity contribution in [1.29, 1.82) is 0 Å². The number of benzene rings is 1. The molecule has 100 valence electrons. The van der Waals surface area contributed by atoms with E-state index in [1.807, 2.05) is 0 Å². The van der Waals surface area contributed by atoms with E-state index >= 15 is 0 Å². The summed E-state index contributed by atoms with van der Waals surface area (Å²) in [5.41, 5.74) is -1.30. The number of nitrogens with zero attached hydrogens (tertiary/aromatic N) is 2. The maximum absolute atomic E-state index is 13.7. The van der Waals surface area contributed by atoms with E-state index in [0.29, 0.717) is 5.56 Å². The maximum atomic E-state index is 13.7. The van der Waals surface area contributed by atoms with E-state index in [4.69, 9.17) is 5.11 Å². The molecule has 0 unspecified atom stereocenters. The Morgan fingerprint density at radius 2 is 2.21 bits per heavy atom. The molecule has 8 heteroatoms. The lowest BCUT2D eigenvalue weighted by Gasteiger charge is -2.07. The van der Waals surface area contributed by atoms with Gasteiger partial charge in [-0.1, -0.05) is 6.07 Å². The number of H-pyrrole nitrogens is 1. The number of nitrogens with one attached hydrogen (secondary N) is 1. The maximum Gasteiger partial charge on any atom is 0.339 e. The van der Waals surface area contributed by atoms with E-state index in [-0.39, 0.29) is 16.7 Å². The minimum Gasteiger partial charge on any atom is -0.392 e. The molecule has 0 bridgehead atoms. The normalized spacial score (nSPS) is 10.7. The highest BCUT2D eigenvalue weighted by Crippen LogP contribution is 2.27. The van der Waals surface area contributed by atoms with Gasteiger partial charge in [0.25, 0.3) is 0 Å². The number of aliphatic hydroxyl groups is 1. The Hall–Kier alpha value is -1.93. The van der Waals surface area contributed by atoms with Crippen LogP contribution >= 0.6 is 11.8 Å². The van der Waals surface area contributed by atoms with Crippen molar-refractivity contribution >= 4 is 11.8 Å². The Balaban J connectivity index is 2.39. The van der Waals surface area contributed by atoms with Crippen LogP contribution in [0.3, 0.4) is 0 Å². The highest BCUT2D eigenvalue weighted by Gasteiger charge is 2.10. The van der Waals surface area contributed by atoms with Crippen molar-refractivity contribution in [3.63, 3.8) is 0 Å². The van der Waals surface area contributed by atoms with Gasteiger partial charge in [0.05, 0.1) is 11.5 Å². The molecule has 0 fully saturated rings. The molecule has 0 aliphatic heterocycles. The van der Waals surface area contributed by atoms with Crippen LogP contribution in [0.4, 0.5) is 4.39 Å². The van der Waals surface area contributed by atoms with Crippen molar-refractivity contribution in [2.45, 2.75) is 16.7 Å². The first kappa shape index (κ1) is 13.5. The summed E-state index contributed by atoms with van der Waals surface area (Å²) in [6.45, 7) is -0.253. The Morgan fingerprint density at radius 3 is 2.84 bits per heavy atom. The molecule has 2 rings (SSSR count). The van der Waals surface area contributed by atoms with Crippen LogP contribution < -0.4 is 11.1 Å². The van der Waals surface area contributed by atoms with Crippen LogP contribution in [0.2, 0.25) is 0 Å². The number of halogens is 1. The third-order valence-corrected chi connectivity index (χ3v) is 3.43. The van der Waals surface area contributed by atoms with Gasteiger partial charge in [0.15, 0.2) is 5.16 Å². The summed E-state index contributed by atoms with van der Waals surface area (Å²) in [5, 5.41) is 11.3. The molecule has 19 heavy (non-hydrogen) atoms. The lowest BCUT2D eigenvalue weighted by Crippen LogP contribution is -2.33. The van der Waals surface area contributed by atoms with Crippen LogP contribution in [0.15, 0.2) is 37.8 Å². The number of aromatic nitrogens is 3. The molecule has 1 heterocycles. The molecule has 2 N–H and O–H groups in total. The molecule has 0 saturated heterocycles. The second-order valence-corrected chi connectivity index (χ2v) is 4.73. The van der Waals surface area contributed by atoms with Crippen molar-refractivity contribution in [3.05, 3.63) is 50.3 Å². The molecule has 0 spiro atoms. The van der Waals surface area contributed by atoms with Crippen molar-refractivity contribution in [2.24, 2.45) is 7.05 Å². The topological polar surface area (TPSA) is 88.0 Å². The predicted molar refractivity (Wildman–Crippen MR) is 66.5 cm³/mol. The summed E-state index contributed by atoms with van der Waals surface area (Å²) in [6, 6.07) is 4.24. The molecule has 1 aromatic carbocycles. The van der Waals surface area contributed by atoms with Crippen molar-refractivity contribution in [3.8, 4) is 0 Å². The number of aliphatic hydroxyl groups excluding tert-OH is 1. The smallest absolute Gasteiger partial charge is 0.339 e. The first-order valence-corrected chi connectivity index (χ1v) is 6.07. The zero-order chi connectivity index (χ0) is 14.0. The summed E-state index contributed by atoms with van der Waals surface area (Å²) in [4.78, 5) is 26.0. The van der Waals surface area contributed by atoms with Crippen LogP contribution in [-0.2, 0) is 13.7 Å². The van der Waals surface area contributed by atoms with Gasteiger partial charge in [0, 0.05) is 7.05 Å². The van der Waals surface area contributed by atoms with E-state index in [2.05, 4.69) is 10.1 Å². The van der Waals surface area contributed by atoms with Crippen molar-refractivity contribution in [2.75, 3.05) is 0 Å². The van der Waals surface area contributed by atoms with E-state index in [9.17, 15) is 14.0 Å². The highest BCUT2D eigenvalue weighted by molar-refractivity contribution is 7.99. The van der Waals surface area contributed by atoms with Crippen LogP contribution in [0.5, 0.6) is 0 Å². The summed E-state index contributed by atoms with van der Waals surface area (Å²) in [6.07, 6.45) is 0. The molecule has 1 aromatic heterocycles. The molecule has 0 aliphatic rings. The molecular weight excluding hydrogens is 273 g/mol. The summed E-state index contributed by atoms with van der Waals surface area (Å²) >= 11 is 0.908. The molecule has 0 amide bonds. The van der Waals surface area contributed by atoms with Crippen LogP contribution in [0, 0.1) is 5.82 Å². The van der Waals surface area contributed by atoms with E-state index < -0.39 is 16.9 Å². The molecule has 0 aliphatic carbocycles. The second-order valence-electron chi connectivity index (χ2n) is 3.72. The molecule has 2 aromatic rings. The summed E-state index contributed by atoms with van der Waals surface area (Å²) in [7, 11) is 1.50. The van der Waals surface area contributed by atoms with Crippen LogP contribution in [0.1, 0.15) is 5.56 Å². The Morgan fingerprint density at radius 1 is 1.47 bits per heavy atom. The van der Waals surface area contributed by atoms with Gasteiger partial charge in [-0.15, -0.1) is 0 Å². The molecule has 0 radical (unpaired) electrons. The van der Waals surface area contributed by atoms with E-state index in [1.165, 1.54) is 23.9 Å². The molecule has 0 saturated carbocycles. The van der Waals surface area contributed by atoms with E-state index in [1.54, 1.807) is 6.07 Å². The van der Waals surface area contributed by atoms with Crippen LogP contribution in [-0.4, -0.2) is 19.9 Å². The molecule has 6 nitrogen and oxygen atoms in total. The second kappa shape index (κ2) is 5.37. The van der Waals surface area contributed by atoms with Crippen molar-refractivity contribution in [1.82, 2.24) is 14.8 Å². The average molecular weight is 283 g/mol. The van der Waals surface area contributed by atoms with Gasteiger partial charge < -0.3 is 5.11 Å². The fourth-order valence-corrected chi connectivity index (χ4v) is 2.18. The van der Waals surface area contributed by atoms with Crippen LogP contribution in [0.25, 0.3) is 0 Å². The van der Waals surface area contributed by atoms with Crippen molar-refractivity contribution < 1.29 is 9.50 Å². The quantitative estimate of drug-likeness (QED) is 0.788. The Kier molecular flexibility index (Phi) is 3.82. The largest absolute Gasteiger partial charge is 0.392 e.